The van der Waals surface area contributed by atoms with E-state index in [1.807, 2.05) is 24.3 Å². The van der Waals surface area contributed by atoms with Gasteiger partial charge < -0.3 is 15.6 Å². The van der Waals surface area contributed by atoms with Crippen molar-refractivity contribution in [1.29, 1.82) is 0 Å². The first-order valence-electron chi connectivity index (χ1n) is 7.00. The van der Waals surface area contributed by atoms with Gasteiger partial charge in [-0.3, -0.25) is 9.59 Å². The van der Waals surface area contributed by atoms with Crippen molar-refractivity contribution in [3.8, 4) is 0 Å². The molecule has 5 nitrogen and oxygen atoms in total. The number of para-hydroxylation sites is 1. The zero-order chi connectivity index (χ0) is 16.4. The Hall–Kier alpha value is -2.60. The van der Waals surface area contributed by atoms with Crippen LogP contribution >= 0.6 is 15.9 Å². The van der Waals surface area contributed by atoms with E-state index in [0.29, 0.717) is 17.1 Å². The maximum Gasteiger partial charge on any atom is 0.273 e. The van der Waals surface area contributed by atoms with Gasteiger partial charge in [-0.25, -0.2) is 0 Å². The highest BCUT2D eigenvalue weighted by Crippen LogP contribution is 2.28. The maximum atomic E-state index is 12.4. The Morgan fingerprint density at radius 3 is 2.17 bits per heavy atom. The summed E-state index contributed by atoms with van der Waals surface area (Å²) in [6, 6.07) is 14.6. The molecule has 2 aromatic carbocycles. The van der Waals surface area contributed by atoms with Crippen LogP contribution < -0.4 is 10.6 Å². The molecule has 0 aliphatic heterocycles. The van der Waals surface area contributed by atoms with Crippen molar-refractivity contribution in [2.24, 2.45) is 0 Å². The van der Waals surface area contributed by atoms with E-state index in [1.165, 1.54) is 6.92 Å². The number of aromatic amines is 1. The number of fused-ring (bicyclic) bond motifs is 1. The molecule has 2 amide bonds. The Labute approximate surface area is 141 Å². The largest absolute Gasteiger partial charge is 0.350 e. The van der Waals surface area contributed by atoms with Crippen molar-refractivity contribution in [3.05, 3.63) is 58.7 Å². The number of hydrogen-bond donors (Lipinski definition) is 3. The highest BCUT2D eigenvalue weighted by atomic mass is 79.9. The molecule has 0 saturated heterocycles. The minimum Gasteiger partial charge on any atom is -0.350 e. The van der Waals surface area contributed by atoms with Gasteiger partial charge in [-0.15, -0.1) is 0 Å². The smallest absolute Gasteiger partial charge is 0.273 e. The Balaban J connectivity index is 1.80. The molecule has 0 radical (unpaired) electrons. The molecule has 0 bridgehead atoms. The van der Waals surface area contributed by atoms with Crippen LogP contribution in [0.1, 0.15) is 17.4 Å². The number of carbonyl (C=O) groups excluding carboxylic acids is 2. The van der Waals surface area contributed by atoms with E-state index in [-0.39, 0.29) is 11.8 Å². The van der Waals surface area contributed by atoms with Gasteiger partial charge in [0.25, 0.3) is 5.91 Å². The fourth-order valence-corrected chi connectivity index (χ4v) is 2.92. The topological polar surface area (TPSA) is 74.0 Å². The molecule has 0 saturated carbocycles. The van der Waals surface area contributed by atoms with E-state index < -0.39 is 0 Å². The minimum atomic E-state index is -0.236. The van der Waals surface area contributed by atoms with Gasteiger partial charge in [-0.05, 0) is 46.3 Å². The van der Waals surface area contributed by atoms with E-state index in [4.69, 9.17) is 0 Å². The molecular formula is C17H14BrN3O2. The lowest BCUT2D eigenvalue weighted by molar-refractivity contribution is -0.114. The molecule has 6 heteroatoms. The molecule has 1 aromatic heterocycles. The van der Waals surface area contributed by atoms with Gasteiger partial charge in [0, 0.05) is 29.2 Å². The SMILES string of the molecule is CC(=O)Nc1ccc(NC(=O)c2[nH]c3ccccc3c2Br)cc1. The number of H-pyrrole nitrogens is 1. The summed E-state index contributed by atoms with van der Waals surface area (Å²) in [4.78, 5) is 26.5. The van der Waals surface area contributed by atoms with Crippen LogP contribution in [0, 0.1) is 0 Å². The number of amides is 2. The van der Waals surface area contributed by atoms with Crippen molar-refractivity contribution in [3.63, 3.8) is 0 Å². The van der Waals surface area contributed by atoms with E-state index >= 15 is 0 Å². The lowest BCUT2D eigenvalue weighted by Gasteiger charge is -2.06. The third kappa shape index (κ3) is 3.27. The number of carbonyl (C=O) groups is 2. The Morgan fingerprint density at radius 1 is 0.957 bits per heavy atom. The summed E-state index contributed by atoms with van der Waals surface area (Å²) >= 11 is 3.46. The van der Waals surface area contributed by atoms with Gasteiger partial charge in [-0.2, -0.15) is 0 Å². The van der Waals surface area contributed by atoms with Crippen LogP contribution in [-0.4, -0.2) is 16.8 Å². The van der Waals surface area contributed by atoms with Crippen LogP contribution in [0.5, 0.6) is 0 Å². The molecule has 3 aromatic rings. The number of hydrogen-bond acceptors (Lipinski definition) is 2. The summed E-state index contributed by atoms with van der Waals surface area (Å²) in [5, 5.41) is 6.46. The normalized spacial score (nSPS) is 10.5. The third-order valence-corrected chi connectivity index (χ3v) is 4.16. The number of nitrogens with one attached hydrogen (secondary N) is 3. The van der Waals surface area contributed by atoms with Gasteiger partial charge in [0.2, 0.25) is 5.91 Å². The van der Waals surface area contributed by atoms with Crippen molar-refractivity contribution in [1.82, 2.24) is 4.98 Å². The van der Waals surface area contributed by atoms with E-state index in [2.05, 4.69) is 31.5 Å². The Morgan fingerprint density at radius 2 is 1.57 bits per heavy atom. The minimum absolute atomic E-state index is 0.135. The second kappa shape index (κ2) is 6.26. The highest BCUT2D eigenvalue weighted by Gasteiger charge is 2.15. The molecule has 0 unspecified atom stereocenters. The molecule has 3 N–H and O–H groups in total. The molecule has 0 fully saturated rings. The Kier molecular flexibility index (Phi) is 4.16. The lowest BCUT2D eigenvalue weighted by atomic mass is 10.2. The fourth-order valence-electron chi connectivity index (χ4n) is 2.30. The summed E-state index contributed by atoms with van der Waals surface area (Å²) in [6.45, 7) is 1.45. The number of rotatable bonds is 3. The van der Waals surface area contributed by atoms with Gasteiger partial charge in [0.15, 0.2) is 0 Å². The van der Waals surface area contributed by atoms with Crippen molar-refractivity contribution < 1.29 is 9.59 Å². The van der Waals surface area contributed by atoms with Crippen molar-refractivity contribution in [2.75, 3.05) is 10.6 Å². The molecule has 23 heavy (non-hydrogen) atoms. The fraction of sp³-hybridized carbons (Fsp3) is 0.0588. The zero-order valence-electron chi connectivity index (χ0n) is 12.3. The van der Waals surface area contributed by atoms with Crippen LogP contribution in [0.2, 0.25) is 0 Å². The van der Waals surface area contributed by atoms with Gasteiger partial charge in [-0.1, -0.05) is 18.2 Å². The monoisotopic (exact) mass is 371 g/mol. The first kappa shape index (κ1) is 15.3. The van der Waals surface area contributed by atoms with Crippen LogP contribution in [0.25, 0.3) is 10.9 Å². The van der Waals surface area contributed by atoms with Crippen LogP contribution in [-0.2, 0) is 4.79 Å². The first-order chi connectivity index (χ1) is 11.0. The predicted molar refractivity (Wildman–Crippen MR) is 94.7 cm³/mol. The first-order valence-corrected chi connectivity index (χ1v) is 7.79. The quantitative estimate of drug-likeness (QED) is 0.647. The van der Waals surface area contributed by atoms with Crippen LogP contribution in [0.4, 0.5) is 11.4 Å². The second-order valence-corrected chi connectivity index (χ2v) is 5.87. The summed E-state index contributed by atoms with van der Waals surface area (Å²) in [6.07, 6.45) is 0. The molecule has 3 rings (SSSR count). The number of anilines is 2. The standard InChI is InChI=1S/C17H14BrN3O2/c1-10(22)19-11-6-8-12(9-7-11)20-17(23)16-15(18)13-4-2-3-5-14(13)21-16/h2-9,21H,1H3,(H,19,22)(H,20,23). The molecule has 0 atom stereocenters. The number of halogens is 1. The van der Waals surface area contributed by atoms with Crippen LogP contribution in [0.3, 0.4) is 0 Å². The number of aromatic nitrogens is 1. The predicted octanol–water partition coefficient (Wildman–Crippen LogP) is 4.14. The molecular weight excluding hydrogens is 358 g/mol. The van der Waals surface area contributed by atoms with E-state index in [1.54, 1.807) is 24.3 Å². The second-order valence-electron chi connectivity index (χ2n) is 5.07. The lowest BCUT2D eigenvalue weighted by Crippen LogP contribution is -2.13. The summed E-state index contributed by atoms with van der Waals surface area (Å²) < 4.78 is 0.737. The summed E-state index contributed by atoms with van der Waals surface area (Å²) in [7, 11) is 0. The van der Waals surface area contributed by atoms with Crippen molar-refractivity contribution >= 4 is 50.0 Å². The molecule has 116 valence electrons. The van der Waals surface area contributed by atoms with Gasteiger partial charge in [0.1, 0.15) is 5.69 Å². The average Bonchev–Trinajstić information content (AvgIpc) is 2.86. The molecule has 0 aliphatic carbocycles. The van der Waals surface area contributed by atoms with E-state index in [0.717, 1.165) is 15.4 Å². The van der Waals surface area contributed by atoms with Gasteiger partial charge >= 0.3 is 0 Å². The summed E-state index contributed by atoms with van der Waals surface area (Å²) in [5.74, 6) is -0.371. The van der Waals surface area contributed by atoms with Crippen molar-refractivity contribution in [2.45, 2.75) is 6.92 Å². The average molecular weight is 372 g/mol. The maximum absolute atomic E-state index is 12.4. The molecule has 0 spiro atoms. The summed E-state index contributed by atoms with van der Waals surface area (Å²) in [5.41, 5.74) is 2.69. The highest BCUT2D eigenvalue weighted by molar-refractivity contribution is 9.10. The van der Waals surface area contributed by atoms with Gasteiger partial charge in [0.05, 0.1) is 4.47 Å². The molecule has 1 heterocycles. The third-order valence-electron chi connectivity index (χ3n) is 3.33. The van der Waals surface area contributed by atoms with E-state index in [9.17, 15) is 9.59 Å². The zero-order valence-corrected chi connectivity index (χ0v) is 13.9. The molecule has 0 aliphatic rings. The number of benzene rings is 2. The van der Waals surface area contributed by atoms with Crippen LogP contribution in [0.15, 0.2) is 53.0 Å². The Bertz CT molecular complexity index is 884.